The lowest BCUT2D eigenvalue weighted by molar-refractivity contribution is -0.150. The topological polar surface area (TPSA) is 118 Å². The van der Waals surface area contributed by atoms with Crippen molar-refractivity contribution in [1.82, 2.24) is 0 Å². The lowest BCUT2D eigenvalue weighted by Gasteiger charge is -1.86. The molecule has 0 aromatic heterocycles. The van der Waals surface area contributed by atoms with Crippen molar-refractivity contribution in [2.24, 2.45) is 0 Å². The van der Waals surface area contributed by atoms with E-state index in [2.05, 4.69) is 11.3 Å². The first kappa shape index (κ1) is 20.5. The summed E-state index contributed by atoms with van der Waals surface area (Å²) in [5.74, 6) is -3.61. The third-order valence-electron chi connectivity index (χ3n) is 2.27. The van der Waals surface area contributed by atoms with Crippen LogP contribution in [0.2, 0.25) is 0 Å². The second-order valence-electron chi connectivity index (χ2n) is 4.16. The monoisotopic (exact) mass is 332 g/mol. The van der Waals surface area contributed by atoms with Crippen molar-refractivity contribution >= 4 is 30.0 Å². The van der Waals surface area contributed by atoms with E-state index in [1.165, 1.54) is 12.5 Å². The van der Waals surface area contributed by atoms with Crippen molar-refractivity contribution < 1.29 is 34.1 Å². The van der Waals surface area contributed by atoms with Crippen LogP contribution in [0, 0.1) is 0 Å². The highest BCUT2D eigenvalue weighted by atomic mass is 16.6. The summed E-state index contributed by atoms with van der Waals surface area (Å²) >= 11 is 0. The van der Waals surface area contributed by atoms with Crippen molar-refractivity contribution in [3.05, 3.63) is 66.3 Å². The molecule has 0 spiro atoms. The van der Waals surface area contributed by atoms with E-state index in [1.807, 2.05) is 36.4 Å². The predicted octanol–water partition coefficient (Wildman–Crippen LogP) is 2.06. The van der Waals surface area contributed by atoms with E-state index < -0.39 is 23.9 Å². The molecule has 1 aliphatic heterocycles. The molecule has 7 heteroatoms. The Bertz CT molecular complexity index is 653. The third-order valence-corrected chi connectivity index (χ3v) is 2.27. The van der Waals surface area contributed by atoms with Crippen molar-refractivity contribution in [3.8, 4) is 0 Å². The zero-order valence-corrected chi connectivity index (χ0v) is 12.8. The van der Waals surface area contributed by atoms with Gasteiger partial charge in [0, 0.05) is 23.8 Å². The maximum absolute atomic E-state index is 9.92. The van der Waals surface area contributed by atoms with Gasteiger partial charge in [0.2, 0.25) is 0 Å². The second kappa shape index (κ2) is 11.1. The fraction of sp³-hybridized carbons (Fsp3) is 0.0588. The minimum Gasteiger partial charge on any atom is -0.478 e. The Morgan fingerprint density at radius 1 is 1.04 bits per heavy atom. The maximum atomic E-state index is 9.92. The van der Waals surface area contributed by atoms with Gasteiger partial charge in [-0.2, -0.15) is 0 Å². The van der Waals surface area contributed by atoms with Crippen LogP contribution in [0.4, 0.5) is 0 Å². The van der Waals surface area contributed by atoms with Gasteiger partial charge in [-0.25, -0.2) is 19.2 Å². The van der Waals surface area contributed by atoms with Crippen LogP contribution in [0.5, 0.6) is 0 Å². The lowest BCUT2D eigenvalue weighted by Crippen LogP contribution is -1.99. The van der Waals surface area contributed by atoms with Crippen LogP contribution in [0.1, 0.15) is 12.5 Å². The minimum absolute atomic E-state index is 0.178. The number of ether oxygens (including phenoxy) is 1. The molecule has 0 saturated heterocycles. The van der Waals surface area contributed by atoms with Crippen LogP contribution in [0.15, 0.2) is 60.7 Å². The van der Waals surface area contributed by atoms with Gasteiger partial charge in [0.15, 0.2) is 0 Å². The van der Waals surface area contributed by atoms with E-state index in [1.54, 1.807) is 0 Å². The number of carboxylic acid groups (broad SMARTS) is 2. The van der Waals surface area contributed by atoms with Crippen molar-refractivity contribution in [2.45, 2.75) is 6.92 Å². The fourth-order valence-corrected chi connectivity index (χ4v) is 1.14. The zero-order valence-electron chi connectivity index (χ0n) is 12.8. The molecule has 0 fully saturated rings. The smallest absolute Gasteiger partial charge is 0.338 e. The van der Waals surface area contributed by atoms with Gasteiger partial charge in [0.25, 0.3) is 0 Å². The minimum atomic E-state index is -1.24. The Morgan fingerprint density at radius 3 is 1.75 bits per heavy atom. The average Bonchev–Trinajstić information content (AvgIpc) is 2.92. The third kappa shape index (κ3) is 10.3. The summed E-state index contributed by atoms with van der Waals surface area (Å²) in [5.41, 5.74) is 0.995. The number of hydrogen-bond donors (Lipinski definition) is 2. The number of carbonyl (C=O) groups excluding carboxylic acids is 2. The Balaban J connectivity index is 0.000000332. The van der Waals surface area contributed by atoms with Crippen molar-refractivity contribution in [3.63, 3.8) is 0 Å². The van der Waals surface area contributed by atoms with E-state index in [-0.39, 0.29) is 5.57 Å². The van der Waals surface area contributed by atoms with Gasteiger partial charge >= 0.3 is 23.9 Å². The molecule has 0 saturated carbocycles. The number of cyclic esters (lactones) is 2. The number of benzene rings is 1. The van der Waals surface area contributed by atoms with Gasteiger partial charge < -0.3 is 14.9 Å². The van der Waals surface area contributed by atoms with Gasteiger partial charge in [-0.05, 0) is 12.5 Å². The molecule has 7 nitrogen and oxygen atoms in total. The predicted molar refractivity (Wildman–Crippen MR) is 85.8 cm³/mol. The molecule has 1 heterocycles. The quantitative estimate of drug-likeness (QED) is 0.494. The molecule has 1 aliphatic rings. The van der Waals surface area contributed by atoms with Crippen molar-refractivity contribution in [2.75, 3.05) is 0 Å². The van der Waals surface area contributed by atoms with E-state index >= 15 is 0 Å². The molecule has 24 heavy (non-hydrogen) atoms. The average molecular weight is 332 g/mol. The Kier molecular flexibility index (Phi) is 9.52. The SMILES string of the molecule is C=Cc1ccccc1.CC(=CC(=O)O)C(=O)O.O=C1C=CC(=O)O1. The molecule has 2 N–H and O–H groups in total. The summed E-state index contributed by atoms with van der Waals surface area (Å²) in [6.07, 6.45) is 4.65. The van der Waals surface area contributed by atoms with Crippen LogP contribution >= 0.6 is 0 Å². The molecule has 1 aromatic rings. The first-order valence-corrected chi connectivity index (χ1v) is 6.52. The van der Waals surface area contributed by atoms with Gasteiger partial charge in [-0.15, -0.1) is 0 Å². The van der Waals surface area contributed by atoms with Crippen LogP contribution in [0.25, 0.3) is 6.08 Å². The summed E-state index contributed by atoms with van der Waals surface area (Å²) in [6, 6.07) is 10.0. The first-order valence-electron chi connectivity index (χ1n) is 6.52. The highest BCUT2D eigenvalue weighted by molar-refractivity contribution is 6.04. The van der Waals surface area contributed by atoms with Gasteiger partial charge in [-0.1, -0.05) is 43.0 Å². The van der Waals surface area contributed by atoms with Crippen LogP contribution in [-0.2, 0) is 23.9 Å². The van der Waals surface area contributed by atoms with Crippen LogP contribution in [0.3, 0.4) is 0 Å². The number of aliphatic carboxylic acids is 2. The lowest BCUT2D eigenvalue weighted by atomic mass is 10.2. The highest BCUT2D eigenvalue weighted by Crippen LogP contribution is 1.97. The molecular formula is C17H16O7. The number of rotatable bonds is 3. The number of carboxylic acids is 2. The van der Waals surface area contributed by atoms with Gasteiger partial charge in [0.05, 0.1) is 0 Å². The molecule has 1 aromatic carbocycles. The Hall–Kier alpha value is -3.48. The maximum Gasteiger partial charge on any atom is 0.338 e. The summed E-state index contributed by atoms with van der Waals surface area (Å²) in [7, 11) is 0. The van der Waals surface area contributed by atoms with Gasteiger partial charge in [-0.3, -0.25) is 0 Å². The standard InChI is InChI=1S/C8H8.C5H6O4.C4H2O3/c1-2-8-6-4-3-5-7-8;1-3(5(8)9)2-4(6)7;5-3-1-2-4(6)7-3/h2-7H,1H2;2H,1H3,(H,6,7)(H,8,9);1-2H. The van der Waals surface area contributed by atoms with Gasteiger partial charge in [0.1, 0.15) is 0 Å². The summed E-state index contributed by atoms with van der Waals surface area (Å²) < 4.78 is 3.97. The van der Waals surface area contributed by atoms with E-state index in [4.69, 9.17) is 10.2 Å². The molecule has 0 bridgehead atoms. The molecule has 0 amide bonds. The van der Waals surface area contributed by atoms with E-state index in [9.17, 15) is 19.2 Å². The molecular weight excluding hydrogens is 316 g/mol. The summed E-state index contributed by atoms with van der Waals surface area (Å²) in [5, 5.41) is 16.1. The molecule has 126 valence electrons. The number of esters is 2. The molecule has 0 unspecified atom stereocenters. The fourth-order valence-electron chi connectivity index (χ4n) is 1.14. The molecule has 0 atom stereocenters. The Morgan fingerprint density at radius 2 is 1.54 bits per heavy atom. The largest absolute Gasteiger partial charge is 0.478 e. The second-order valence-corrected chi connectivity index (χ2v) is 4.16. The summed E-state index contributed by atoms with van der Waals surface area (Å²) in [4.78, 5) is 39.5. The van der Waals surface area contributed by atoms with Crippen LogP contribution in [-0.4, -0.2) is 34.1 Å². The molecule has 0 radical (unpaired) electrons. The molecule has 0 aliphatic carbocycles. The highest BCUT2D eigenvalue weighted by Gasteiger charge is 2.10. The molecule has 2 rings (SSSR count). The Labute approximate surface area is 138 Å². The number of hydrogen-bond acceptors (Lipinski definition) is 5. The summed E-state index contributed by atoms with van der Waals surface area (Å²) in [6.45, 7) is 4.85. The van der Waals surface area contributed by atoms with Crippen molar-refractivity contribution in [1.29, 1.82) is 0 Å². The van der Waals surface area contributed by atoms with Crippen LogP contribution < -0.4 is 0 Å². The first-order chi connectivity index (χ1) is 11.3. The normalized spacial score (nSPS) is 12.1. The zero-order chi connectivity index (χ0) is 18.5. The van der Waals surface area contributed by atoms with E-state index in [0.717, 1.165) is 12.2 Å². The number of carbonyl (C=O) groups is 4. The van der Waals surface area contributed by atoms with E-state index in [0.29, 0.717) is 6.08 Å².